The quantitative estimate of drug-likeness (QED) is 0.504. The van der Waals surface area contributed by atoms with Crippen LogP contribution in [0.4, 0.5) is 8.78 Å². The maximum atomic E-state index is 13.5. The van der Waals surface area contributed by atoms with E-state index in [0.29, 0.717) is 64.8 Å². The molecule has 1 aliphatic carbocycles. The topological polar surface area (TPSA) is 100 Å². The number of aromatic nitrogens is 3. The number of H-pyrrole nitrogens is 1. The molecule has 2 N–H and O–H groups in total. The van der Waals surface area contributed by atoms with E-state index in [1.54, 1.807) is 17.9 Å². The summed E-state index contributed by atoms with van der Waals surface area (Å²) in [7, 11) is 0. The van der Waals surface area contributed by atoms with Gasteiger partial charge in [0.25, 0.3) is 12.3 Å². The molecule has 3 aromatic rings. The fourth-order valence-electron chi connectivity index (χ4n) is 4.92. The number of carbonyl (C=O) groups is 2. The summed E-state index contributed by atoms with van der Waals surface area (Å²) in [5.74, 6) is 0.621. The second-order valence-corrected chi connectivity index (χ2v) is 9.81. The molecule has 0 bridgehead atoms. The van der Waals surface area contributed by atoms with E-state index in [1.165, 1.54) is 25.4 Å². The van der Waals surface area contributed by atoms with Crippen LogP contribution in [0, 0.1) is 12.8 Å². The number of nitrogens with zero attached hydrogens (tertiary/aromatic N) is 3. The number of aryl methyl sites for hydroxylation is 1. The van der Waals surface area contributed by atoms with Crippen molar-refractivity contribution in [2.75, 3.05) is 13.2 Å². The summed E-state index contributed by atoms with van der Waals surface area (Å²) < 4.78 is 33.1. The molecule has 0 spiro atoms. The van der Waals surface area contributed by atoms with Crippen LogP contribution in [0.1, 0.15) is 61.2 Å². The highest BCUT2D eigenvalue weighted by atomic mass is 19.3. The largest absolute Gasteiger partial charge is 0.493 e. The van der Waals surface area contributed by atoms with Crippen molar-refractivity contribution in [2.24, 2.45) is 5.92 Å². The highest BCUT2D eigenvalue weighted by Gasteiger charge is 2.33. The highest BCUT2D eigenvalue weighted by Crippen LogP contribution is 2.38. The number of amides is 2. The Morgan fingerprint density at radius 2 is 2.06 bits per heavy atom. The van der Waals surface area contributed by atoms with Crippen LogP contribution in [0.5, 0.6) is 5.75 Å². The average molecular weight is 498 g/mol. The molecule has 2 aromatic heterocycles. The first-order valence-electron chi connectivity index (χ1n) is 12.2. The van der Waals surface area contributed by atoms with E-state index in [0.717, 1.165) is 12.8 Å². The lowest BCUT2D eigenvalue weighted by atomic mass is 10.0. The van der Waals surface area contributed by atoms with Gasteiger partial charge in [0, 0.05) is 42.4 Å². The summed E-state index contributed by atoms with van der Waals surface area (Å²) in [5.41, 5.74) is 2.52. The minimum absolute atomic E-state index is 0.0226. The van der Waals surface area contributed by atoms with Crippen LogP contribution < -0.4 is 10.1 Å². The molecule has 10 heteroatoms. The Morgan fingerprint density at radius 3 is 2.72 bits per heavy atom. The van der Waals surface area contributed by atoms with E-state index in [9.17, 15) is 18.4 Å². The number of hydrogen-bond acceptors (Lipinski definition) is 5. The van der Waals surface area contributed by atoms with Gasteiger partial charge in [0.15, 0.2) is 0 Å². The number of halogens is 2. The fourth-order valence-corrected chi connectivity index (χ4v) is 4.92. The maximum Gasteiger partial charge on any atom is 0.263 e. The molecule has 5 rings (SSSR count). The number of alkyl halides is 2. The molecule has 2 aliphatic rings. The third kappa shape index (κ3) is 4.64. The van der Waals surface area contributed by atoms with Gasteiger partial charge in [0.1, 0.15) is 23.3 Å². The second kappa shape index (κ2) is 9.48. The number of fused-ring (bicyclic) bond motifs is 1. The van der Waals surface area contributed by atoms with Gasteiger partial charge in [-0.15, -0.1) is 0 Å². The third-order valence-electron chi connectivity index (χ3n) is 7.00. The zero-order valence-corrected chi connectivity index (χ0v) is 20.5. The Balaban J connectivity index is 1.50. The van der Waals surface area contributed by atoms with Crippen LogP contribution in [-0.4, -0.2) is 56.9 Å². The Bertz CT molecular complexity index is 1320. The van der Waals surface area contributed by atoms with Gasteiger partial charge >= 0.3 is 0 Å². The van der Waals surface area contributed by atoms with Crippen LogP contribution in [0.15, 0.2) is 24.5 Å². The van der Waals surface area contributed by atoms with Crippen molar-refractivity contribution in [3.05, 3.63) is 41.3 Å². The molecule has 36 heavy (non-hydrogen) atoms. The van der Waals surface area contributed by atoms with Crippen molar-refractivity contribution in [3.63, 3.8) is 0 Å². The number of rotatable bonds is 7. The standard InChI is InChI=1S/C26H29F2N5O3/c1-13-8-18(10-33(13)15(3)34)32-26(35)21-14(2)31-24-22(29-12-30-23(21)24)19-9-17(25(27)28)6-7-20(19)36-11-16-4-5-16/h6-7,9,12-13,16,18,25,31H,4-5,8,10-11H2,1-3H3,(H,32,35)/t13-,18+/m1/s1. The molecule has 190 valence electrons. The van der Waals surface area contributed by atoms with E-state index in [-0.39, 0.29) is 29.5 Å². The number of nitrogens with one attached hydrogen (secondary N) is 2. The summed E-state index contributed by atoms with van der Waals surface area (Å²) in [6.07, 6.45) is 1.54. The zero-order valence-electron chi connectivity index (χ0n) is 20.5. The van der Waals surface area contributed by atoms with E-state index < -0.39 is 6.43 Å². The third-order valence-corrected chi connectivity index (χ3v) is 7.00. The molecular weight excluding hydrogens is 468 g/mol. The predicted molar refractivity (Wildman–Crippen MR) is 130 cm³/mol. The van der Waals surface area contributed by atoms with Gasteiger partial charge in [-0.25, -0.2) is 18.7 Å². The van der Waals surface area contributed by atoms with Gasteiger partial charge in [0.2, 0.25) is 5.91 Å². The van der Waals surface area contributed by atoms with Crippen LogP contribution in [0.2, 0.25) is 0 Å². The predicted octanol–water partition coefficient (Wildman–Crippen LogP) is 4.40. The molecule has 2 fully saturated rings. The Morgan fingerprint density at radius 1 is 1.28 bits per heavy atom. The SMILES string of the molecule is CC(=O)N1C[C@@H](NC(=O)c2c(C)[nH]c3c(-c4cc(C(F)F)ccc4OCC4CC4)ncnc23)C[C@H]1C. The Labute approximate surface area is 207 Å². The van der Waals surface area contributed by atoms with Crippen molar-refractivity contribution in [2.45, 2.75) is 58.5 Å². The molecule has 3 heterocycles. The van der Waals surface area contributed by atoms with E-state index in [4.69, 9.17) is 4.74 Å². The molecule has 1 saturated heterocycles. The number of ether oxygens (including phenoxy) is 1. The zero-order chi connectivity index (χ0) is 25.6. The first kappa shape index (κ1) is 24.1. The summed E-state index contributed by atoms with van der Waals surface area (Å²) >= 11 is 0. The molecule has 1 aliphatic heterocycles. The van der Waals surface area contributed by atoms with Gasteiger partial charge in [-0.05, 0) is 57.2 Å². The van der Waals surface area contributed by atoms with Crippen LogP contribution in [0.25, 0.3) is 22.3 Å². The van der Waals surface area contributed by atoms with Crippen LogP contribution in [0.3, 0.4) is 0 Å². The fraction of sp³-hybridized carbons (Fsp3) is 0.462. The Kier molecular flexibility index (Phi) is 6.36. The smallest absolute Gasteiger partial charge is 0.263 e. The lowest BCUT2D eigenvalue weighted by molar-refractivity contribution is -0.129. The van der Waals surface area contributed by atoms with Crippen molar-refractivity contribution in [1.29, 1.82) is 0 Å². The molecule has 0 radical (unpaired) electrons. The van der Waals surface area contributed by atoms with Crippen LogP contribution in [-0.2, 0) is 4.79 Å². The summed E-state index contributed by atoms with van der Waals surface area (Å²) in [5, 5.41) is 3.03. The van der Waals surface area contributed by atoms with Gasteiger partial charge in [-0.2, -0.15) is 0 Å². The second-order valence-electron chi connectivity index (χ2n) is 9.81. The number of benzene rings is 1. The Hall–Kier alpha value is -3.56. The number of likely N-dealkylation sites (tertiary alicyclic amines) is 1. The maximum absolute atomic E-state index is 13.5. The first-order valence-corrected chi connectivity index (χ1v) is 12.2. The number of hydrogen-bond donors (Lipinski definition) is 2. The molecule has 0 unspecified atom stereocenters. The molecule has 2 atom stereocenters. The van der Waals surface area contributed by atoms with E-state index >= 15 is 0 Å². The van der Waals surface area contributed by atoms with Crippen molar-refractivity contribution >= 4 is 22.8 Å². The highest BCUT2D eigenvalue weighted by molar-refractivity contribution is 6.09. The number of carbonyl (C=O) groups excluding carboxylic acids is 2. The summed E-state index contributed by atoms with van der Waals surface area (Å²) in [4.78, 5) is 38.8. The minimum Gasteiger partial charge on any atom is -0.493 e. The van der Waals surface area contributed by atoms with Gasteiger partial charge in [-0.1, -0.05) is 0 Å². The first-order chi connectivity index (χ1) is 17.2. The minimum atomic E-state index is -2.64. The lowest BCUT2D eigenvalue weighted by Crippen LogP contribution is -2.38. The number of aromatic amines is 1. The van der Waals surface area contributed by atoms with E-state index in [2.05, 4.69) is 20.3 Å². The van der Waals surface area contributed by atoms with Crippen molar-refractivity contribution in [3.8, 4) is 17.0 Å². The molecule has 1 aromatic carbocycles. The molecule has 8 nitrogen and oxygen atoms in total. The normalized spacial score (nSPS) is 19.8. The molecular formula is C26H29F2N5O3. The lowest BCUT2D eigenvalue weighted by Gasteiger charge is -2.18. The van der Waals surface area contributed by atoms with Crippen LogP contribution >= 0.6 is 0 Å². The van der Waals surface area contributed by atoms with Crippen molar-refractivity contribution in [1.82, 2.24) is 25.2 Å². The monoisotopic (exact) mass is 497 g/mol. The van der Waals surface area contributed by atoms with E-state index in [1.807, 2.05) is 6.92 Å². The average Bonchev–Trinajstić information content (AvgIpc) is 3.49. The van der Waals surface area contributed by atoms with Crippen molar-refractivity contribution < 1.29 is 23.1 Å². The van der Waals surface area contributed by atoms with Gasteiger partial charge < -0.3 is 19.9 Å². The molecule has 1 saturated carbocycles. The summed E-state index contributed by atoms with van der Waals surface area (Å²) in [6.45, 7) is 6.21. The molecule has 2 amide bonds. The summed E-state index contributed by atoms with van der Waals surface area (Å²) in [6, 6.07) is 4.18. The van der Waals surface area contributed by atoms with Gasteiger partial charge in [-0.3, -0.25) is 9.59 Å². The van der Waals surface area contributed by atoms with Gasteiger partial charge in [0.05, 0.1) is 17.7 Å².